The molecule has 1 aliphatic rings. The van der Waals surface area contributed by atoms with Crippen molar-refractivity contribution in [3.05, 3.63) is 53.9 Å². The smallest absolute Gasteiger partial charge is 0.214 e. The van der Waals surface area contributed by atoms with Crippen molar-refractivity contribution < 1.29 is 13.2 Å². The normalized spacial score (nSPS) is 18.9. The standard InChI is InChI=1S/C16H20N2O3S/c1-3-22(19,20)18-12-11-17-10-4-5-15(17)16(18)13-6-8-14(21-2)9-7-13/h4-10,16H,3,11-12H2,1-2H3. The number of hydrogen-bond acceptors (Lipinski definition) is 3. The van der Waals surface area contributed by atoms with Crippen LogP contribution in [0, 0.1) is 0 Å². The molecule has 5 nitrogen and oxygen atoms in total. The number of rotatable bonds is 4. The zero-order valence-electron chi connectivity index (χ0n) is 12.8. The summed E-state index contributed by atoms with van der Waals surface area (Å²) in [7, 11) is -1.65. The number of fused-ring (bicyclic) bond motifs is 1. The van der Waals surface area contributed by atoms with Gasteiger partial charge in [-0.15, -0.1) is 0 Å². The van der Waals surface area contributed by atoms with Crippen molar-refractivity contribution in [1.82, 2.24) is 8.87 Å². The second-order valence-corrected chi connectivity index (χ2v) is 7.52. The number of ether oxygens (including phenoxy) is 1. The van der Waals surface area contributed by atoms with E-state index in [2.05, 4.69) is 4.57 Å². The van der Waals surface area contributed by atoms with Crippen molar-refractivity contribution in [2.75, 3.05) is 19.4 Å². The van der Waals surface area contributed by atoms with Crippen LogP contribution in [0.15, 0.2) is 42.6 Å². The molecule has 0 saturated heterocycles. The van der Waals surface area contributed by atoms with Crippen LogP contribution >= 0.6 is 0 Å². The lowest BCUT2D eigenvalue weighted by atomic mass is 10.0. The Labute approximate surface area is 131 Å². The van der Waals surface area contributed by atoms with Gasteiger partial charge in [-0.1, -0.05) is 12.1 Å². The van der Waals surface area contributed by atoms with Gasteiger partial charge in [-0.05, 0) is 36.8 Å². The summed E-state index contributed by atoms with van der Waals surface area (Å²) >= 11 is 0. The molecule has 0 fully saturated rings. The highest BCUT2D eigenvalue weighted by molar-refractivity contribution is 7.89. The zero-order valence-corrected chi connectivity index (χ0v) is 13.6. The summed E-state index contributed by atoms with van der Waals surface area (Å²) in [5.41, 5.74) is 1.96. The second kappa shape index (κ2) is 5.78. The fourth-order valence-electron chi connectivity index (χ4n) is 2.95. The monoisotopic (exact) mass is 320 g/mol. The van der Waals surface area contributed by atoms with Crippen molar-refractivity contribution >= 4 is 10.0 Å². The Kier molecular flexibility index (Phi) is 3.97. The van der Waals surface area contributed by atoms with Gasteiger partial charge in [0.2, 0.25) is 10.0 Å². The van der Waals surface area contributed by atoms with Crippen molar-refractivity contribution in [3.8, 4) is 5.75 Å². The van der Waals surface area contributed by atoms with E-state index in [-0.39, 0.29) is 11.8 Å². The highest BCUT2D eigenvalue weighted by Crippen LogP contribution is 2.35. The van der Waals surface area contributed by atoms with Crippen LogP contribution in [-0.4, -0.2) is 36.7 Å². The SMILES string of the molecule is CCS(=O)(=O)N1CCn2cccc2C1c1ccc(OC)cc1. The Hall–Kier alpha value is -1.79. The van der Waals surface area contributed by atoms with Gasteiger partial charge in [-0.2, -0.15) is 4.31 Å². The number of aromatic nitrogens is 1. The molecular formula is C16H20N2O3S. The fraction of sp³-hybridized carbons (Fsp3) is 0.375. The van der Waals surface area contributed by atoms with Crippen molar-refractivity contribution in [3.63, 3.8) is 0 Å². The minimum atomic E-state index is -3.27. The van der Waals surface area contributed by atoms with E-state index in [1.54, 1.807) is 18.3 Å². The third-order valence-corrected chi connectivity index (χ3v) is 5.99. The first-order valence-electron chi connectivity index (χ1n) is 7.35. The van der Waals surface area contributed by atoms with Gasteiger partial charge >= 0.3 is 0 Å². The second-order valence-electron chi connectivity index (χ2n) is 5.31. The summed E-state index contributed by atoms with van der Waals surface area (Å²) < 4.78 is 33.9. The van der Waals surface area contributed by atoms with Crippen molar-refractivity contribution in [1.29, 1.82) is 0 Å². The minimum Gasteiger partial charge on any atom is -0.497 e. The summed E-state index contributed by atoms with van der Waals surface area (Å²) in [4.78, 5) is 0. The molecule has 0 saturated carbocycles. The Bertz CT molecular complexity index is 750. The molecule has 1 unspecified atom stereocenters. The van der Waals surface area contributed by atoms with Crippen LogP contribution in [-0.2, 0) is 16.6 Å². The number of nitrogens with zero attached hydrogens (tertiary/aromatic N) is 2. The summed E-state index contributed by atoms with van der Waals surface area (Å²) in [5, 5.41) is 0. The van der Waals surface area contributed by atoms with Gasteiger partial charge in [0, 0.05) is 25.0 Å². The summed E-state index contributed by atoms with van der Waals surface area (Å²) in [5.74, 6) is 0.875. The molecule has 1 aromatic heterocycles. The molecular weight excluding hydrogens is 300 g/mol. The minimum absolute atomic E-state index is 0.111. The Balaban J connectivity index is 2.09. The van der Waals surface area contributed by atoms with Gasteiger partial charge < -0.3 is 9.30 Å². The van der Waals surface area contributed by atoms with E-state index in [0.717, 1.165) is 17.0 Å². The number of benzene rings is 1. The van der Waals surface area contributed by atoms with Crippen LogP contribution in [0.3, 0.4) is 0 Å². The lowest BCUT2D eigenvalue weighted by molar-refractivity contribution is 0.298. The van der Waals surface area contributed by atoms with Gasteiger partial charge in [-0.3, -0.25) is 0 Å². The molecule has 2 aromatic rings. The maximum absolute atomic E-state index is 12.5. The largest absolute Gasteiger partial charge is 0.497 e. The van der Waals surface area contributed by atoms with Crippen molar-refractivity contribution in [2.24, 2.45) is 0 Å². The first kappa shape index (κ1) is 15.1. The quantitative estimate of drug-likeness (QED) is 0.868. The number of methoxy groups -OCH3 is 1. The van der Waals surface area contributed by atoms with E-state index in [4.69, 9.17) is 4.74 Å². The Morgan fingerprint density at radius 3 is 2.55 bits per heavy atom. The predicted molar refractivity (Wildman–Crippen MR) is 85.4 cm³/mol. The van der Waals surface area contributed by atoms with Crippen LogP contribution < -0.4 is 4.74 Å². The van der Waals surface area contributed by atoms with Crippen LogP contribution in [0.4, 0.5) is 0 Å². The molecule has 0 amide bonds. The molecule has 0 bridgehead atoms. The maximum Gasteiger partial charge on any atom is 0.214 e. The van der Waals surface area contributed by atoms with E-state index in [0.29, 0.717) is 13.1 Å². The highest BCUT2D eigenvalue weighted by atomic mass is 32.2. The molecule has 1 aliphatic heterocycles. The number of sulfonamides is 1. The molecule has 0 N–H and O–H groups in total. The molecule has 0 aliphatic carbocycles. The van der Waals surface area contributed by atoms with E-state index in [9.17, 15) is 8.42 Å². The van der Waals surface area contributed by atoms with Gasteiger partial charge in [0.25, 0.3) is 0 Å². The fourth-order valence-corrected chi connectivity index (χ4v) is 4.19. The first-order chi connectivity index (χ1) is 10.6. The van der Waals surface area contributed by atoms with E-state index in [1.165, 1.54) is 0 Å². The molecule has 6 heteroatoms. The summed E-state index contributed by atoms with van der Waals surface area (Å²) in [6.07, 6.45) is 2.00. The Morgan fingerprint density at radius 1 is 1.18 bits per heavy atom. The highest BCUT2D eigenvalue weighted by Gasteiger charge is 2.35. The summed E-state index contributed by atoms with van der Waals surface area (Å²) in [6.45, 7) is 2.87. The molecule has 3 rings (SSSR count). The van der Waals surface area contributed by atoms with Gasteiger partial charge in [0.05, 0.1) is 18.9 Å². The molecule has 2 heterocycles. The van der Waals surface area contributed by atoms with E-state index >= 15 is 0 Å². The molecule has 0 spiro atoms. The average molecular weight is 320 g/mol. The summed E-state index contributed by atoms with van der Waals surface area (Å²) in [6, 6.07) is 11.3. The maximum atomic E-state index is 12.5. The van der Waals surface area contributed by atoms with Crippen LogP contribution in [0.25, 0.3) is 0 Å². The Morgan fingerprint density at radius 2 is 1.91 bits per heavy atom. The third-order valence-electron chi connectivity index (χ3n) is 4.15. The van der Waals surface area contributed by atoms with E-state index < -0.39 is 10.0 Å². The van der Waals surface area contributed by atoms with Gasteiger partial charge in [-0.25, -0.2) is 8.42 Å². The van der Waals surface area contributed by atoms with Gasteiger partial charge in [0.15, 0.2) is 0 Å². The van der Waals surface area contributed by atoms with Crippen LogP contribution in [0.5, 0.6) is 5.75 Å². The molecule has 1 atom stereocenters. The first-order valence-corrected chi connectivity index (χ1v) is 8.96. The molecule has 22 heavy (non-hydrogen) atoms. The van der Waals surface area contributed by atoms with E-state index in [1.807, 2.05) is 42.6 Å². The van der Waals surface area contributed by atoms with Crippen LogP contribution in [0.1, 0.15) is 24.2 Å². The lowest BCUT2D eigenvalue weighted by Crippen LogP contribution is -2.43. The molecule has 0 radical (unpaired) electrons. The predicted octanol–water partition coefficient (Wildman–Crippen LogP) is 2.25. The van der Waals surface area contributed by atoms with Crippen LogP contribution in [0.2, 0.25) is 0 Å². The van der Waals surface area contributed by atoms with Crippen molar-refractivity contribution in [2.45, 2.75) is 19.5 Å². The molecule has 118 valence electrons. The number of hydrogen-bond donors (Lipinski definition) is 0. The average Bonchev–Trinajstić information content (AvgIpc) is 3.02. The molecule has 1 aromatic carbocycles. The zero-order chi connectivity index (χ0) is 15.7. The third kappa shape index (κ3) is 2.53. The lowest BCUT2D eigenvalue weighted by Gasteiger charge is -2.36. The topological polar surface area (TPSA) is 51.5 Å². The van der Waals surface area contributed by atoms with Gasteiger partial charge in [0.1, 0.15) is 5.75 Å².